The third-order valence-electron chi connectivity index (χ3n) is 6.99. The van der Waals surface area contributed by atoms with Crippen molar-refractivity contribution in [1.82, 2.24) is 0 Å². The standard InChI is InChI=1S/C22H36BF3S/c1-14(2)21(9,22(24,25)26)16-10-11-17(15(3)27)18(12-16)23-13-20(7,8)19(4,5)6/h10-12,14-15,23,27H,13H2,1-9H3. The van der Waals surface area contributed by atoms with Crippen molar-refractivity contribution in [2.45, 2.75) is 85.5 Å². The minimum absolute atomic E-state index is 0.0111. The molecule has 0 aliphatic heterocycles. The molecule has 2 unspecified atom stereocenters. The summed E-state index contributed by atoms with van der Waals surface area (Å²) in [5.41, 5.74) is 0.704. The molecule has 0 heterocycles. The zero-order chi connectivity index (χ0) is 21.4. The highest BCUT2D eigenvalue weighted by atomic mass is 32.1. The van der Waals surface area contributed by atoms with Crippen molar-refractivity contribution < 1.29 is 13.2 Å². The van der Waals surface area contributed by atoms with Gasteiger partial charge in [0.25, 0.3) is 0 Å². The molecule has 2 atom stereocenters. The van der Waals surface area contributed by atoms with E-state index in [1.807, 2.05) is 13.0 Å². The van der Waals surface area contributed by atoms with Crippen molar-refractivity contribution >= 4 is 25.4 Å². The predicted molar refractivity (Wildman–Crippen MR) is 117 cm³/mol. The van der Waals surface area contributed by atoms with Crippen molar-refractivity contribution in [3.8, 4) is 0 Å². The SMILES string of the molecule is CC(S)c1ccc(C(C)(C(C)C)C(F)(F)F)cc1BCC(C)(C)C(C)(C)C. The Labute approximate surface area is 170 Å². The van der Waals surface area contributed by atoms with Crippen LogP contribution in [0.4, 0.5) is 13.2 Å². The van der Waals surface area contributed by atoms with E-state index in [1.54, 1.807) is 26.0 Å². The first-order valence-electron chi connectivity index (χ1n) is 9.83. The van der Waals surface area contributed by atoms with Crippen LogP contribution in [0.5, 0.6) is 0 Å². The maximum atomic E-state index is 13.9. The maximum absolute atomic E-state index is 13.9. The number of hydrogen-bond acceptors (Lipinski definition) is 1. The number of thiol groups is 1. The molecule has 0 aliphatic rings. The summed E-state index contributed by atoms with van der Waals surface area (Å²) in [7, 11) is 0.754. The Kier molecular flexibility index (Phi) is 7.29. The minimum Gasteiger partial charge on any atom is -0.171 e. The second-order valence-electron chi connectivity index (χ2n) is 10.1. The van der Waals surface area contributed by atoms with Crippen LogP contribution in [0.25, 0.3) is 0 Å². The van der Waals surface area contributed by atoms with Gasteiger partial charge in [0.05, 0.1) is 5.41 Å². The van der Waals surface area contributed by atoms with E-state index in [9.17, 15) is 13.2 Å². The van der Waals surface area contributed by atoms with Crippen LogP contribution in [-0.4, -0.2) is 13.5 Å². The zero-order valence-corrected chi connectivity index (χ0v) is 19.3. The second-order valence-corrected chi connectivity index (χ2v) is 10.9. The number of alkyl halides is 3. The lowest BCUT2D eigenvalue weighted by Crippen LogP contribution is -2.45. The molecule has 0 aromatic heterocycles. The molecule has 1 aromatic carbocycles. The summed E-state index contributed by atoms with van der Waals surface area (Å²) in [5, 5.41) is -0.0111. The molecule has 0 radical (unpaired) electrons. The molecule has 0 bridgehead atoms. The van der Waals surface area contributed by atoms with Crippen LogP contribution in [-0.2, 0) is 5.41 Å². The fraction of sp³-hybridized carbons (Fsp3) is 0.727. The van der Waals surface area contributed by atoms with E-state index >= 15 is 0 Å². The van der Waals surface area contributed by atoms with Gasteiger partial charge in [0.2, 0.25) is 0 Å². The number of halogens is 3. The Morgan fingerprint density at radius 2 is 1.48 bits per heavy atom. The Morgan fingerprint density at radius 3 is 1.85 bits per heavy atom. The average molecular weight is 400 g/mol. The lowest BCUT2D eigenvalue weighted by Gasteiger charge is -2.39. The van der Waals surface area contributed by atoms with Gasteiger partial charge >= 0.3 is 6.18 Å². The van der Waals surface area contributed by atoms with Gasteiger partial charge in [0.1, 0.15) is 0 Å². The summed E-state index contributed by atoms with van der Waals surface area (Å²) in [6, 6.07) is 5.28. The highest BCUT2D eigenvalue weighted by molar-refractivity contribution is 7.80. The first kappa shape index (κ1) is 24.5. The third-order valence-corrected chi connectivity index (χ3v) is 7.26. The second kappa shape index (κ2) is 8.04. The molecule has 0 fully saturated rings. The molecule has 0 nitrogen and oxygen atoms in total. The summed E-state index contributed by atoms with van der Waals surface area (Å²) >= 11 is 4.56. The molecule has 0 N–H and O–H groups in total. The zero-order valence-electron chi connectivity index (χ0n) is 18.4. The Bertz CT molecular complexity index is 642. The Hall–Kier alpha value is -0.575. The minimum atomic E-state index is -4.29. The Balaban J connectivity index is 3.41. The van der Waals surface area contributed by atoms with E-state index in [2.05, 4.69) is 47.2 Å². The van der Waals surface area contributed by atoms with E-state index in [1.165, 1.54) is 6.92 Å². The summed E-state index contributed by atoms with van der Waals surface area (Å²) in [6.45, 7) is 17.7. The number of hydrogen-bond donors (Lipinski definition) is 1. The normalized spacial score (nSPS) is 17.0. The van der Waals surface area contributed by atoms with Gasteiger partial charge in [-0.05, 0) is 41.7 Å². The van der Waals surface area contributed by atoms with Gasteiger partial charge in [-0.15, -0.1) is 0 Å². The van der Waals surface area contributed by atoms with Crippen LogP contribution in [0.15, 0.2) is 18.2 Å². The van der Waals surface area contributed by atoms with Gasteiger partial charge in [-0.1, -0.05) is 78.4 Å². The van der Waals surface area contributed by atoms with Crippen molar-refractivity contribution in [3.63, 3.8) is 0 Å². The van der Waals surface area contributed by atoms with Crippen molar-refractivity contribution in [2.75, 3.05) is 0 Å². The summed E-state index contributed by atoms with van der Waals surface area (Å²) in [4.78, 5) is 0. The number of rotatable bonds is 6. The molecule has 0 aliphatic carbocycles. The topological polar surface area (TPSA) is 0 Å². The lowest BCUT2D eigenvalue weighted by molar-refractivity contribution is -0.197. The molecule has 0 amide bonds. The molecule has 5 heteroatoms. The highest BCUT2D eigenvalue weighted by Crippen LogP contribution is 2.46. The fourth-order valence-corrected chi connectivity index (χ4v) is 3.45. The van der Waals surface area contributed by atoms with Crippen LogP contribution in [0.2, 0.25) is 6.32 Å². The van der Waals surface area contributed by atoms with Crippen LogP contribution in [0, 0.1) is 16.7 Å². The molecule has 1 rings (SSSR count). The smallest absolute Gasteiger partial charge is 0.171 e. The van der Waals surface area contributed by atoms with Gasteiger partial charge in [0, 0.05) is 5.25 Å². The van der Waals surface area contributed by atoms with Crippen molar-refractivity contribution in [3.05, 3.63) is 29.3 Å². The first-order valence-corrected chi connectivity index (χ1v) is 10.3. The molecular weight excluding hydrogens is 364 g/mol. The van der Waals surface area contributed by atoms with E-state index in [0.717, 1.165) is 24.6 Å². The van der Waals surface area contributed by atoms with Crippen molar-refractivity contribution in [1.29, 1.82) is 0 Å². The maximum Gasteiger partial charge on any atom is 0.398 e. The Morgan fingerprint density at radius 1 is 0.963 bits per heavy atom. The van der Waals surface area contributed by atoms with Crippen LogP contribution >= 0.6 is 12.6 Å². The van der Waals surface area contributed by atoms with Gasteiger partial charge in [0.15, 0.2) is 7.28 Å². The molecule has 1 aromatic rings. The van der Waals surface area contributed by atoms with Crippen LogP contribution < -0.4 is 5.46 Å². The van der Waals surface area contributed by atoms with Crippen LogP contribution in [0.1, 0.15) is 78.7 Å². The largest absolute Gasteiger partial charge is 0.398 e. The van der Waals surface area contributed by atoms with E-state index < -0.39 is 17.5 Å². The monoisotopic (exact) mass is 400 g/mol. The fourth-order valence-electron chi connectivity index (χ4n) is 3.20. The van der Waals surface area contributed by atoms with E-state index in [0.29, 0.717) is 5.56 Å². The lowest BCUT2D eigenvalue weighted by atomic mass is 9.52. The van der Waals surface area contributed by atoms with Gasteiger partial charge in [-0.25, -0.2) is 0 Å². The van der Waals surface area contributed by atoms with E-state index in [4.69, 9.17) is 0 Å². The first-order chi connectivity index (χ1) is 11.9. The number of benzene rings is 1. The van der Waals surface area contributed by atoms with Crippen molar-refractivity contribution in [2.24, 2.45) is 16.7 Å². The molecular formula is C22H36BF3S. The quantitative estimate of drug-likeness (QED) is 0.398. The highest BCUT2D eigenvalue weighted by Gasteiger charge is 2.54. The molecule has 0 saturated carbocycles. The predicted octanol–water partition coefficient (Wildman–Crippen LogP) is 6.71. The molecule has 154 valence electrons. The van der Waals surface area contributed by atoms with Gasteiger partial charge < -0.3 is 0 Å². The average Bonchev–Trinajstić information content (AvgIpc) is 2.49. The summed E-state index contributed by atoms with van der Waals surface area (Å²) < 4.78 is 41.8. The molecule has 0 spiro atoms. The molecule has 0 saturated heterocycles. The molecule has 27 heavy (non-hydrogen) atoms. The van der Waals surface area contributed by atoms with Crippen LogP contribution in [0.3, 0.4) is 0 Å². The summed E-state index contributed by atoms with van der Waals surface area (Å²) in [6.07, 6.45) is -3.38. The third kappa shape index (κ3) is 5.08. The van der Waals surface area contributed by atoms with E-state index in [-0.39, 0.29) is 16.1 Å². The van der Waals surface area contributed by atoms with Gasteiger partial charge in [-0.3, -0.25) is 0 Å². The van der Waals surface area contributed by atoms with Gasteiger partial charge in [-0.2, -0.15) is 25.8 Å². The summed E-state index contributed by atoms with van der Waals surface area (Å²) in [5.74, 6) is -0.546.